The highest BCUT2D eigenvalue weighted by Gasteiger charge is 2.34. The van der Waals surface area contributed by atoms with Crippen LogP contribution >= 0.6 is 0 Å². The van der Waals surface area contributed by atoms with Crippen molar-refractivity contribution in [1.29, 1.82) is 0 Å². The van der Waals surface area contributed by atoms with Gasteiger partial charge < -0.3 is 34.5 Å². The number of amides is 1. The summed E-state index contributed by atoms with van der Waals surface area (Å²) < 4.78 is 24.4. The van der Waals surface area contributed by atoms with Crippen molar-refractivity contribution in [3.05, 3.63) is 118 Å². The molecule has 3 atom stereocenters. The van der Waals surface area contributed by atoms with Crippen LogP contribution in [0.2, 0.25) is 0 Å². The monoisotopic (exact) mass is 680 g/mol. The van der Waals surface area contributed by atoms with E-state index in [9.17, 15) is 14.7 Å². The number of carbonyl (C=O) groups excluding carboxylic acids is 1. The second kappa shape index (κ2) is 16.3. The largest absolute Gasteiger partial charge is 0.493 e. The molecule has 4 aromatic rings. The van der Waals surface area contributed by atoms with Crippen molar-refractivity contribution in [3.8, 4) is 22.6 Å². The van der Waals surface area contributed by atoms with E-state index in [-0.39, 0.29) is 37.6 Å². The van der Waals surface area contributed by atoms with Gasteiger partial charge in [0.2, 0.25) is 5.91 Å². The van der Waals surface area contributed by atoms with Crippen LogP contribution < -0.4 is 14.8 Å². The molecule has 10 nitrogen and oxygen atoms in total. The number of aliphatic hydroxyl groups excluding tert-OH is 1. The summed E-state index contributed by atoms with van der Waals surface area (Å²) in [7, 11) is 3.32. The molecule has 0 aliphatic carbocycles. The molecule has 2 heterocycles. The third-order valence-electron chi connectivity index (χ3n) is 9.37. The molecule has 262 valence electrons. The van der Waals surface area contributed by atoms with Crippen LogP contribution in [0.3, 0.4) is 0 Å². The fourth-order valence-electron chi connectivity index (χ4n) is 6.62. The van der Waals surface area contributed by atoms with E-state index in [0.29, 0.717) is 13.0 Å². The van der Waals surface area contributed by atoms with Crippen LogP contribution in [0.1, 0.15) is 65.0 Å². The number of carboxylic acids is 1. The second-order valence-corrected chi connectivity index (χ2v) is 12.8. The first-order chi connectivity index (χ1) is 24.3. The molecule has 0 aromatic heterocycles. The average molecular weight is 681 g/mol. The summed E-state index contributed by atoms with van der Waals surface area (Å²) in [5, 5.41) is 21.2. The maximum absolute atomic E-state index is 12.0. The van der Waals surface area contributed by atoms with Gasteiger partial charge in [-0.3, -0.25) is 14.5 Å². The smallest absolute Gasteiger partial charge is 0.303 e. The highest BCUT2D eigenvalue weighted by molar-refractivity contribution is 5.80. The number of benzene rings is 4. The van der Waals surface area contributed by atoms with Crippen molar-refractivity contribution in [2.45, 2.75) is 63.9 Å². The number of methoxy groups -OCH3 is 2. The standard InChI is InChI=1S/C40H44N2O8/c1-47-36-19-32-16-17-42(23-33(32)20-37(36)48-2)24-34-21-35(29-8-6-26(25-43)7-9-29)50-40(49-34)30-12-10-28(11-13-30)31-5-3-4-27(18-31)22-41-38(44)14-15-39(45)46/h3-13,18-20,34-35,40,43H,14-17,21-25H2,1-2H3,(H,41,44)(H,45,46)/t34-,35+,40+/m0/s1. The molecule has 6 rings (SSSR count). The van der Waals surface area contributed by atoms with E-state index in [1.807, 2.05) is 72.8 Å². The molecule has 1 saturated heterocycles. The van der Waals surface area contributed by atoms with Crippen molar-refractivity contribution >= 4 is 11.9 Å². The lowest BCUT2D eigenvalue weighted by Crippen LogP contribution is -2.41. The summed E-state index contributed by atoms with van der Waals surface area (Å²) in [5.41, 5.74) is 8.25. The lowest BCUT2D eigenvalue weighted by molar-refractivity contribution is -0.253. The lowest BCUT2D eigenvalue weighted by Gasteiger charge is -2.39. The fraction of sp³-hybridized carbons (Fsp3) is 0.350. The van der Waals surface area contributed by atoms with E-state index in [4.69, 9.17) is 24.1 Å². The molecule has 0 bridgehead atoms. The van der Waals surface area contributed by atoms with Crippen molar-refractivity contribution in [3.63, 3.8) is 0 Å². The summed E-state index contributed by atoms with van der Waals surface area (Å²) in [6.07, 6.45) is 0.529. The first kappa shape index (κ1) is 35.1. The highest BCUT2D eigenvalue weighted by atomic mass is 16.7. The van der Waals surface area contributed by atoms with Gasteiger partial charge in [-0.2, -0.15) is 0 Å². The Morgan fingerprint density at radius 2 is 1.56 bits per heavy atom. The van der Waals surface area contributed by atoms with Gasteiger partial charge in [0.15, 0.2) is 17.8 Å². The molecule has 50 heavy (non-hydrogen) atoms. The zero-order chi connectivity index (χ0) is 35.0. The summed E-state index contributed by atoms with van der Waals surface area (Å²) in [6, 6.07) is 28.2. The Bertz CT molecular complexity index is 1780. The number of ether oxygens (including phenoxy) is 4. The molecule has 0 saturated carbocycles. The van der Waals surface area contributed by atoms with Crippen LogP contribution in [0.15, 0.2) is 84.9 Å². The molecule has 2 aliphatic rings. The molecule has 0 spiro atoms. The number of rotatable bonds is 13. The molecular formula is C40H44N2O8. The first-order valence-corrected chi connectivity index (χ1v) is 17.0. The van der Waals surface area contributed by atoms with Crippen molar-refractivity contribution in [2.75, 3.05) is 27.3 Å². The minimum atomic E-state index is -0.992. The van der Waals surface area contributed by atoms with Gasteiger partial charge in [-0.1, -0.05) is 66.7 Å². The van der Waals surface area contributed by atoms with Crippen LogP contribution in [0.25, 0.3) is 11.1 Å². The maximum Gasteiger partial charge on any atom is 0.303 e. The Morgan fingerprint density at radius 3 is 2.26 bits per heavy atom. The summed E-state index contributed by atoms with van der Waals surface area (Å²) in [4.78, 5) is 25.2. The molecule has 3 N–H and O–H groups in total. The quantitative estimate of drug-likeness (QED) is 0.157. The third kappa shape index (κ3) is 8.70. The predicted molar refractivity (Wildman–Crippen MR) is 188 cm³/mol. The Labute approximate surface area is 292 Å². The van der Waals surface area contributed by atoms with Gasteiger partial charge in [-0.05, 0) is 63.6 Å². The number of nitrogens with zero attached hydrogens (tertiary/aromatic N) is 1. The number of fused-ring (bicyclic) bond motifs is 1. The van der Waals surface area contributed by atoms with Gasteiger partial charge in [-0.15, -0.1) is 0 Å². The average Bonchev–Trinajstić information content (AvgIpc) is 3.15. The number of carboxylic acid groups (broad SMARTS) is 1. The van der Waals surface area contributed by atoms with E-state index in [2.05, 4.69) is 22.3 Å². The van der Waals surface area contributed by atoms with Gasteiger partial charge in [0.25, 0.3) is 0 Å². The minimum Gasteiger partial charge on any atom is -0.493 e. The maximum atomic E-state index is 12.0. The van der Waals surface area contributed by atoms with Crippen molar-refractivity contribution in [1.82, 2.24) is 10.2 Å². The van der Waals surface area contributed by atoms with Gasteiger partial charge in [-0.25, -0.2) is 0 Å². The van der Waals surface area contributed by atoms with Gasteiger partial charge in [0.05, 0.1) is 39.5 Å². The van der Waals surface area contributed by atoms with E-state index >= 15 is 0 Å². The third-order valence-corrected chi connectivity index (χ3v) is 9.37. The van der Waals surface area contributed by atoms with Crippen LogP contribution in [0.4, 0.5) is 0 Å². The van der Waals surface area contributed by atoms with E-state index in [1.54, 1.807) is 14.2 Å². The molecule has 0 radical (unpaired) electrons. The number of nitrogens with one attached hydrogen (secondary N) is 1. The van der Waals surface area contributed by atoms with Crippen LogP contribution in [-0.4, -0.2) is 60.4 Å². The predicted octanol–water partition coefficient (Wildman–Crippen LogP) is 5.95. The highest BCUT2D eigenvalue weighted by Crippen LogP contribution is 2.40. The van der Waals surface area contributed by atoms with Crippen LogP contribution in [-0.2, 0) is 45.2 Å². The number of carbonyl (C=O) groups is 2. The second-order valence-electron chi connectivity index (χ2n) is 12.8. The Balaban J connectivity index is 1.16. The van der Waals surface area contributed by atoms with Gasteiger partial charge in [0.1, 0.15) is 0 Å². The zero-order valence-corrected chi connectivity index (χ0v) is 28.5. The van der Waals surface area contributed by atoms with E-state index < -0.39 is 12.3 Å². The SMILES string of the molecule is COc1cc2c(cc1OC)CN(C[C@@H]1C[C@H](c3ccc(CO)cc3)O[C@H](c3ccc(-c4cccc(CNC(=O)CCC(=O)O)c4)cc3)O1)CC2. The molecule has 1 amide bonds. The van der Waals surface area contributed by atoms with Gasteiger partial charge >= 0.3 is 5.97 Å². The Kier molecular flexibility index (Phi) is 11.5. The molecule has 1 fully saturated rings. The molecule has 2 aliphatic heterocycles. The molecule has 4 aromatic carbocycles. The fourth-order valence-corrected chi connectivity index (χ4v) is 6.62. The lowest BCUT2D eigenvalue weighted by atomic mass is 9.96. The number of aliphatic hydroxyl groups is 1. The summed E-state index contributed by atoms with van der Waals surface area (Å²) in [6.45, 7) is 2.75. The van der Waals surface area contributed by atoms with Crippen molar-refractivity contribution in [2.24, 2.45) is 0 Å². The van der Waals surface area contributed by atoms with Crippen LogP contribution in [0, 0.1) is 0 Å². The molecule has 0 unspecified atom stereocenters. The Hall–Kier alpha value is -4.74. The number of hydrogen-bond donors (Lipinski definition) is 3. The molecule has 10 heteroatoms. The van der Waals surface area contributed by atoms with Crippen molar-refractivity contribution < 1.29 is 38.7 Å². The topological polar surface area (TPSA) is 127 Å². The summed E-state index contributed by atoms with van der Waals surface area (Å²) >= 11 is 0. The van der Waals surface area contributed by atoms with Gasteiger partial charge in [0, 0.05) is 44.6 Å². The normalized spacial score (nSPS) is 19.0. The van der Waals surface area contributed by atoms with E-state index in [0.717, 1.165) is 70.9 Å². The first-order valence-electron chi connectivity index (χ1n) is 17.0. The molecular weight excluding hydrogens is 636 g/mol. The van der Waals surface area contributed by atoms with E-state index in [1.165, 1.54) is 11.1 Å². The summed E-state index contributed by atoms with van der Waals surface area (Å²) in [5.74, 6) is 0.203. The number of hydrogen-bond acceptors (Lipinski definition) is 8. The zero-order valence-electron chi connectivity index (χ0n) is 28.5. The Morgan fingerprint density at radius 1 is 0.840 bits per heavy atom. The number of aliphatic carboxylic acids is 1. The minimum absolute atomic E-state index is 0.00998. The van der Waals surface area contributed by atoms with Crippen LogP contribution in [0.5, 0.6) is 11.5 Å².